The summed E-state index contributed by atoms with van der Waals surface area (Å²) < 4.78 is 0. The van der Waals surface area contributed by atoms with Crippen molar-refractivity contribution < 1.29 is 0 Å². The zero-order chi connectivity index (χ0) is 21.9. The summed E-state index contributed by atoms with van der Waals surface area (Å²) in [4.78, 5) is 0. The molecule has 4 aliphatic rings. The highest BCUT2D eigenvalue weighted by Gasteiger charge is 2.60. The molecule has 4 aliphatic carbocycles. The van der Waals surface area contributed by atoms with E-state index < -0.39 is 0 Å². The van der Waals surface area contributed by atoms with E-state index in [0.717, 1.165) is 35.5 Å². The fourth-order valence-corrected chi connectivity index (χ4v) is 9.00. The second kappa shape index (κ2) is 7.81. The maximum Gasteiger partial charge on any atom is 0.0152 e. The highest BCUT2D eigenvalue weighted by Crippen LogP contribution is 2.70. The van der Waals surface area contributed by atoms with Crippen LogP contribution < -0.4 is 0 Å². The smallest absolute Gasteiger partial charge is 0.0152 e. The van der Waals surface area contributed by atoms with Crippen molar-refractivity contribution in [3.8, 4) is 0 Å². The highest BCUT2D eigenvalue weighted by molar-refractivity contribution is 5.41. The molecule has 7 unspecified atom stereocenters. The normalized spacial score (nSPS) is 43.6. The van der Waals surface area contributed by atoms with Gasteiger partial charge in [-0.1, -0.05) is 85.1 Å². The Morgan fingerprint density at radius 3 is 2.47 bits per heavy atom. The van der Waals surface area contributed by atoms with Crippen LogP contribution in [0.15, 0.2) is 23.8 Å². The second-order valence-corrected chi connectivity index (χ2v) is 13.4. The summed E-state index contributed by atoms with van der Waals surface area (Å²) in [5, 5.41) is 0. The first-order chi connectivity index (χ1) is 14.0. The van der Waals surface area contributed by atoms with Crippen molar-refractivity contribution in [3.05, 3.63) is 23.8 Å². The zero-order valence-electron chi connectivity index (χ0n) is 21.3. The van der Waals surface area contributed by atoms with Crippen LogP contribution in [0.25, 0.3) is 0 Å². The molecule has 170 valence electrons. The molecule has 0 aromatic rings. The Hall–Kier alpha value is -0.520. The van der Waals surface area contributed by atoms with Crippen molar-refractivity contribution in [2.75, 3.05) is 0 Å². The molecule has 0 aliphatic heterocycles. The van der Waals surface area contributed by atoms with Crippen LogP contribution in [0.2, 0.25) is 0 Å². The number of allylic oxidation sites excluding steroid dienone is 3. The first kappa shape index (κ1) is 22.7. The van der Waals surface area contributed by atoms with Crippen LogP contribution in [0, 0.1) is 51.8 Å². The summed E-state index contributed by atoms with van der Waals surface area (Å²) in [6.07, 6.45) is 16.7. The van der Waals surface area contributed by atoms with E-state index in [1.54, 1.807) is 5.57 Å². The van der Waals surface area contributed by atoms with Gasteiger partial charge in [0.1, 0.15) is 0 Å². The van der Waals surface area contributed by atoms with Crippen LogP contribution in [-0.4, -0.2) is 0 Å². The number of hydrogen-bond donors (Lipinski definition) is 0. The summed E-state index contributed by atoms with van der Waals surface area (Å²) in [5.74, 6) is 5.09. The van der Waals surface area contributed by atoms with Crippen LogP contribution in [0.5, 0.6) is 0 Å². The molecule has 7 atom stereocenters. The maximum absolute atomic E-state index is 4.88. The summed E-state index contributed by atoms with van der Waals surface area (Å²) in [7, 11) is 0. The van der Waals surface area contributed by atoms with E-state index in [0.29, 0.717) is 16.2 Å². The van der Waals surface area contributed by atoms with Gasteiger partial charge in [-0.2, -0.15) is 0 Å². The molecule has 0 bridgehead atoms. The van der Waals surface area contributed by atoms with Crippen LogP contribution in [0.3, 0.4) is 0 Å². The number of rotatable bonds is 5. The van der Waals surface area contributed by atoms with Gasteiger partial charge in [0.2, 0.25) is 0 Å². The summed E-state index contributed by atoms with van der Waals surface area (Å²) in [5.41, 5.74) is 4.93. The lowest BCUT2D eigenvalue weighted by atomic mass is 9.42. The predicted octanol–water partition coefficient (Wildman–Crippen LogP) is 9.22. The van der Waals surface area contributed by atoms with Gasteiger partial charge >= 0.3 is 0 Å². The lowest BCUT2D eigenvalue weighted by Gasteiger charge is -2.62. The van der Waals surface area contributed by atoms with E-state index in [1.165, 1.54) is 64.2 Å². The molecule has 0 amide bonds. The Balaban J connectivity index is 1.62. The minimum absolute atomic E-state index is 0.328. The largest absolute Gasteiger partial charge is 0.0990 e. The molecule has 0 nitrogen and oxygen atoms in total. The molecule has 0 radical (unpaired) electrons. The van der Waals surface area contributed by atoms with E-state index in [1.807, 2.05) is 5.57 Å². The third-order valence-electron chi connectivity index (χ3n) is 10.9. The van der Waals surface area contributed by atoms with Gasteiger partial charge in [-0.3, -0.25) is 0 Å². The van der Waals surface area contributed by atoms with Crippen LogP contribution in [-0.2, 0) is 0 Å². The van der Waals surface area contributed by atoms with Crippen molar-refractivity contribution in [1.82, 2.24) is 0 Å². The number of hydrogen-bond acceptors (Lipinski definition) is 0. The summed E-state index contributed by atoms with van der Waals surface area (Å²) >= 11 is 0. The van der Waals surface area contributed by atoms with Crippen LogP contribution in [0.4, 0.5) is 0 Å². The van der Waals surface area contributed by atoms with E-state index in [-0.39, 0.29) is 0 Å². The van der Waals surface area contributed by atoms with E-state index in [4.69, 9.17) is 6.58 Å². The Kier molecular flexibility index (Phi) is 5.90. The van der Waals surface area contributed by atoms with Crippen molar-refractivity contribution in [2.45, 2.75) is 113 Å². The Morgan fingerprint density at radius 2 is 1.80 bits per heavy atom. The second-order valence-electron chi connectivity index (χ2n) is 13.4. The molecule has 3 saturated carbocycles. The highest BCUT2D eigenvalue weighted by atomic mass is 14.6. The topological polar surface area (TPSA) is 0 Å². The Labute approximate surface area is 188 Å². The van der Waals surface area contributed by atoms with Gasteiger partial charge in [-0.15, -0.1) is 0 Å². The van der Waals surface area contributed by atoms with Gasteiger partial charge in [0.25, 0.3) is 0 Å². The summed E-state index contributed by atoms with van der Waals surface area (Å²) in [6, 6.07) is 0. The molecule has 0 heteroatoms. The third-order valence-corrected chi connectivity index (χ3v) is 10.9. The maximum atomic E-state index is 4.88. The van der Waals surface area contributed by atoms with E-state index >= 15 is 0 Å². The standard InChI is InChI=1S/C30H50/c1-9-30-22(5)18-27-24(13-12-23-19-28(6,7)16-17-29(23,27)8)26(30)15-14-25(30)21(4)11-10-20(2)3/h15,20-21,23-25,27H,5,9-14,16-19H2,1-4,6-8H3. The molecular formula is C30H50. The quantitative estimate of drug-likeness (QED) is 0.396. The van der Waals surface area contributed by atoms with Gasteiger partial charge in [0, 0.05) is 5.41 Å². The minimum atomic E-state index is 0.328. The van der Waals surface area contributed by atoms with Crippen molar-refractivity contribution in [3.63, 3.8) is 0 Å². The fraction of sp³-hybridized carbons (Fsp3) is 0.867. The van der Waals surface area contributed by atoms with E-state index in [9.17, 15) is 0 Å². The molecule has 0 aromatic carbocycles. The first-order valence-electron chi connectivity index (χ1n) is 13.4. The van der Waals surface area contributed by atoms with Crippen LogP contribution in [0.1, 0.15) is 113 Å². The molecule has 0 saturated heterocycles. The molecule has 4 rings (SSSR count). The molecule has 0 heterocycles. The minimum Gasteiger partial charge on any atom is -0.0990 e. The van der Waals surface area contributed by atoms with Crippen molar-refractivity contribution in [1.29, 1.82) is 0 Å². The van der Waals surface area contributed by atoms with Gasteiger partial charge in [-0.05, 0) is 97.7 Å². The van der Waals surface area contributed by atoms with Gasteiger partial charge < -0.3 is 0 Å². The molecular weight excluding hydrogens is 360 g/mol. The monoisotopic (exact) mass is 410 g/mol. The predicted molar refractivity (Wildman–Crippen MR) is 131 cm³/mol. The molecule has 3 fully saturated rings. The molecule has 0 N–H and O–H groups in total. The van der Waals surface area contributed by atoms with Crippen molar-refractivity contribution >= 4 is 0 Å². The fourth-order valence-electron chi connectivity index (χ4n) is 9.00. The SMILES string of the molecule is C=C1CC2C(CCC3CC(C)(C)CCC32C)C2=CCC(C(C)CCC(C)C)C12CC. The van der Waals surface area contributed by atoms with Gasteiger partial charge in [-0.25, -0.2) is 0 Å². The van der Waals surface area contributed by atoms with Crippen LogP contribution >= 0.6 is 0 Å². The van der Waals surface area contributed by atoms with Gasteiger partial charge in [0.15, 0.2) is 0 Å². The molecule has 0 spiro atoms. The van der Waals surface area contributed by atoms with Crippen molar-refractivity contribution in [2.24, 2.45) is 51.8 Å². The van der Waals surface area contributed by atoms with Gasteiger partial charge in [0.05, 0.1) is 0 Å². The average molecular weight is 411 g/mol. The molecule has 0 aromatic heterocycles. The zero-order valence-corrected chi connectivity index (χ0v) is 21.3. The Morgan fingerprint density at radius 1 is 1.07 bits per heavy atom. The molecule has 30 heavy (non-hydrogen) atoms. The van der Waals surface area contributed by atoms with E-state index in [2.05, 4.69) is 54.5 Å². The lowest BCUT2D eigenvalue weighted by molar-refractivity contribution is -0.0739. The third kappa shape index (κ3) is 3.38. The average Bonchev–Trinajstić information content (AvgIpc) is 3.08. The number of fused-ring (bicyclic) bond motifs is 5. The first-order valence-corrected chi connectivity index (χ1v) is 13.4. The summed E-state index contributed by atoms with van der Waals surface area (Å²) in [6.45, 7) is 22.4. The Bertz CT molecular complexity index is 693. The lowest BCUT2D eigenvalue weighted by Crippen LogP contribution is -2.53.